The van der Waals surface area contributed by atoms with Gasteiger partial charge in [-0.05, 0) is 37.9 Å². The molecule has 0 spiro atoms. The van der Waals surface area contributed by atoms with Gasteiger partial charge in [0.15, 0.2) is 0 Å². The summed E-state index contributed by atoms with van der Waals surface area (Å²) in [5, 5.41) is 3.47. The van der Waals surface area contributed by atoms with E-state index in [9.17, 15) is 0 Å². The third-order valence-corrected chi connectivity index (χ3v) is 3.17. The summed E-state index contributed by atoms with van der Waals surface area (Å²) in [6.07, 6.45) is 5.74. The van der Waals surface area contributed by atoms with Crippen molar-refractivity contribution < 1.29 is 4.42 Å². The van der Waals surface area contributed by atoms with E-state index in [1.807, 2.05) is 6.08 Å². The fourth-order valence-electron chi connectivity index (χ4n) is 2.09. The summed E-state index contributed by atoms with van der Waals surface area (Å²) in [4.78, 5) is 2.35. The molecule has 18 heavy (non-hydrogen) atoms. The number of nitrogens with one attached hydrogen (secondary N) is 1. The third kappa shape index (κ3) is 4.31. The molecule has 3 heteroatoms. The molecule has 1 saturated carbocycles. The summed E-state index contributed by atoms with van der Waals surface area (Å²) < 4.78 is 5.85. The molecule has 0 aliphatic heterocycles. The van der Waals surface area contributed by atoms with Crippen molar-refractivity contribution >= 4 is 0 Å². The molecular formula is C15H24N2O. The normalized spacial score (nSPS) is 15.2. The molecule has 0 radical (unpaired) electrons. The average molecular weight is 248 g/mol. The van der Waals surface area contributed by atoms with Gasteiger partial charge in [0.2, 0.25) is 0 Å². The van der Waals surface area contributed by atoms with E-state index >= 15 is 0 Å². The Kier molecular flexibility index (Phi) is 5.02. The largest absolute Gasteiger partial charge is 0.463 e. The van der Waals surface area contributed by atoms with Gasteiger partial charge in [0.05, 0.1) is 13.1 Å². The van der Waals surface area contributed by atoms with Gasteiger partial charge in [0.25, 0.3) is 0 Å². The van der Waals surface area contributed by atoms with E-state index in [1.54, 1.807) is 0 Å². The summed E-state index contributed by atoms with van der Waals surface area (Å²) in [6, 6.07) is 4.91. The van der Waals surface area contributed by atoms with Crippen molar-refractivity contribution in [1.82, 2.24) is 10.2 Å². The second-order valence-electron chi connectivity index (χ2n) is 5.05. The van der Waals surface area contributed by atoms with E-state index in [0.717, 1.165) is 50.2 Å². The molecule has 100 valence electrons. The summed E-state index contributed by atoms with van der Waals surface area (Å²) in [7, 11) is 0. The minimum absolute atomic E-state index is 0.732. The van der Waals surface area contributed by atoms with E-state index in [4.69, 9.17) is 4.42 Å². The van der Waals surface area contributed by atoms with Gasteiger partial charge in [-0.15, -0.1) is 6.58 Å². The van der Waals surface area contributed by atoms with Crippen LogP contribution in [0.25, 0.3) is 0 Å². The van der Waals surface area contributed by atoms with Crippen LogP contribution in [0.1, 0.15) is 37.7 Å². The molecular weight excluding hydrogens is 224 g/mol. The molecule has 2 rings (SSSR count). The highest BCUT2D eigenvalue weighted by atomic mass is 16.3. The summed E-state index contributed by atoms with van der Waals surface area (Å²) in [5.74, 6) is 2.10. The predicted octanol–water partition coefficient (Wildman–Crippen LogP) is 2.93. The highest BCUT2D eigenvalue weighted by Gasteiger charge is 2.20. The second kappa shape index (κ2) is 6.76. The van der Waals surface area contributed by atoms with Crippen LogP contribution in [0, 0.1) is 0 Å². The first-order chi connectivity index (χ1) is 8.81. The molecule has 3 nitrogen and oxygen atoms in total. The maximum absolute atomic E-state index is 5.85. The number of hydrogen-bond acceptors (Lipinski definition) is 3. The van der Waals surface area contributed by atoms with Crippen LogP contribution in [0.4, 0.5) is 0 Å². The van der Waals surface area contributed by atoms with Gasteiger partial charge in [-0.25, -0.2) is 0 Å². The number of nitrogens with zero attached hydrogens (tertiary/aromatic N) is 1. The summed E-state index contributed by atoms with van der Waals surface area (Å²) in [5.41, 5.74) is 0. The van der Waals surface area contributed by atoms with Crippen LogP contribution in [0.3, 0.4) is 0 Å². The van der Waals surface area contributed by atoms with Gasteiger partial charge in [0.1, 0.15) is 11.5 Å². The lowest BCUT2D eigenvalue weighted by atomic mass is 10.3. The zero-order valence-corrected chi connectivity index (χ0v) is 11.3. The number of hydrogen-bond donors (Lipinski definition) is 1. The Bertz CT molecular complexity index is 368. The summed E-state index contributed by atoms with van der Waals surface area (Å²) in [6.45, 7) is 9.75. The molecule has 0 saturated heterocycles. The topological polar surface area (TPSA) is 28.4 Å². The third-order valence-electron chi connectivity index (χ3n) is 3.17. The molecule has 0 unspecified atom stereocenters. The lowest BCUT2D eigenvalue weighted by Gasteiger charge is -2.18. The Morgan fingerprint density at radius 3 is 2.89 bits per heavy atom. The van der Waals surface area contributed by atoms with E-state index in [0.29, 0.717) is 0 Å². The van der Waals surface area contributed by atoms with Crippen LogP contribution in [0.15, 0.2) is 29.2 Å². The molecule has 1 heterocycles. The monoisotopic (exact) mass is 248 g/mol. The Labute approximate surface area is 110 Å². The molecule has 1 aliphatic carbocycles. The molecule has 1 aromatic rings. The zero-order valence-electron chi connectivity index (χ0n) is 11.3. The van der Waals surface area contributed by atoms with Gasteiger partial charge in [-0.2, -0.15) is 0 Å². The molecule has 0 bridgehead atoms. The van der Waals surface area contributed by atoms with Crippen molar-refractivity contribution in [3.8, 4) is 0 Å². The van der Waals surface area contributed by atoms with Crippen LogP contribution in [-0.4, -0.2) is 24.0 Å². The average Bonchev–Trinajstić information content (AvgIpc) is 3.08. The Morgan fingerprint density at radius 1 is 1.44 bits per heavy atom. The molecule has 1 aromatic heterocycles. The standard InChI is InChI=1S/C15H24N2O/c1-3-9-17(10-4-2)12-15-8-7-14(18-15)11-16-13-5-6-13/h3,7-8,13,16H,1,4-6,9-12H2,2H3. The number of rotatable bonds is 9. The minimum atomic E-state index is 0.732. The quantitative estimate of drug-likeness (QED) is 0.681. The molecule has 0 aromatic carbocycles. The van der Waals surface area contributed by atoms with Crippen LogP contribution >= 0.6 is 0 Å². The maximum Gasteiger partial charge on any atom is 0.118 e. The first-order valence-electron chi connectivity index (χ1n) is 6.96. The van der Waals surface area contributed by atoms with Gasteiger partial charge in [0, 0.05) is 12.6 Å². The smallest absolute Gasteiger partial charge is 0.118 e. The van der Waals surface area contributed by atoms with Gasteiger partial charge in [-0.3, -0.25) is 4.90 Å². The van der Waals surface area contributed by atoms with Crippen molar-refractivity contribution in [3.63, 3.8) is 0 Å². The van der Waals surface area contributed by atoms with Crippen molar-refractivity contribution in [1.29, 1.82) is 0 Å². The molecule has 1 aliphatic rings. The first kappa shape index (κ1) is 13.4. The lowest BCUT2D eigenvalue weighted by Crippen LogP contribution is -2.23. The van der Waals surface area contributed by atoms with Crippen molar-refractivity contribution in [2.45, 2.75) is 45.3 Å². The maximum atomic E-state index is 5.85. The van der Waals surface area contributed by atoms with E-state index in [2.05, 4.69) is 35.9 Å². The highest BCUT2D eigenvalue weighted by Crippen LogP contribution is 2.20. The van der Waals surface area contributed by atoms with Crippen LogP contribution < -0.4 is 5.32 Å². The second-order valence-corrected chi connectivity index (χ2v) is 5.05. The Balaban J connectivity index is 1.81. The molecule has 0 amide bonds. The van der Waals surface area contributed by atoms with Gasteiger partial charge in [-0.1, -0.05) is 13.0 Å². The Hall–Kier alpha value is -1.06. The minimum Gasteiger partial charge on any atom is -0.463 e. The first-order valence-corrected chi connectivity index (χ1v) is 6.96. The molecule has 0 atom stereocenters. The van der Waals surface area contributed by atoms with E-state index < -0.39 is 0 Å². The Morgan fingerprint density at radius 2 is 2.22 bits per heavy atom. The van der Waals surface area contributed by atoms with Crippen molar-refractivity contribution in [2.24, 2.45) is 0 Å². The fraction of sp³-hybridized carbons (Fsp3) is 0.600. The zero-order chi connectivity index (χ0) is 12.8. The number of furan rings is 1. The predicted molar refractivity (Wildman–Crippen MR) is 74.3 cm³/mol. The van der Waals surface area contributed by atoms with E-state index in [1.165, 1.54) is 12.8 Å². The molecule has 1 N–H and O–H groups in total. The van der Waals surface area contributed by atoms with Crippen LogP contribution in [-0.2, 0) is 13.1 Å². The summed E-state index contributed by atoms with van der Waals surface area (Å²) >= 11 is 0. The van der Waals surface area contributed by atoms with Gasteiger partial charge < -0.3 is 9.73 Å². The van der Waals surface area contributed by atoms with Crippen molar-refractivity contribution in [3.05, 3.63) is 36.3 Å². The van der Waals surface area contributed by atoms with Crippen LogP contribution in [0.5, 0.6) is 0 Å². The lowest BCUT2D eigenvalue weighted by molar-refractivity contribution is 0.264. The van der Waals surface area contributed by atoms with Gasteiger partial charge >= 0.3 is 0 Å². The van der Waals surface area contributed by atoms with Crippen LogP contribution in [0.2, 0.25) is 0 Å². The SMILES string of the molecule is C=CCN(CCC)Cc1ccc(CNC2CC2)o1. The highest BCUT2D eigenvalue weighted by molar-refractivity contribution is 5.07. The fourth-order valence-corrected chi connectivity index (χ4v) is 2.09. The molecule has 1 fully saturated rings. The van der Waals surface area contributed by atoms with Crippen molar-refractivity contribution in [2.75, 3.05) is 13.1 Å². The van der Waals surface area contributed by atoms with E-state index in [-0.39, 0.29) is 0 Å².